The minimum absolute atomic E-state index is 0.525. The van der Waals surface area contributed by atoms with E-state index in [0.717, 1.165) is 28.9 Å². The smallest absolute Gasteiger partial charge is 0.161 e. The summed E-state index contributed by atoms with van der Waals surface area (Å²) in [7, 11) is 0. The van der Waals surface area contributed by atoms with E-state index < -0.39 is 0 Å². The van der Waals surface area contributed by atoms with Gasteiger partial charge in [0.1, 0.15) is 5.82 Å². The second kappa shape index (κ2) is 4.14. The number of anilines is 1. The molecule has 2 heterocycles. The molecule has 2 aromatic heterocycles. The van der Waals surface area contributed by atoms with Crippen LogP contribution in [0.15, 0.2) is 42.6 Å². The van der Waals surface area contributed by atoms with Gasteiger partial charge in [-0.15, -0.1) is 0 Å². The van der Waals surface area contributed by atoms with Gasteiger partial charge >= 0.3 is 0 Å². The van der Waals surface area contributed by atoms with Crippen molar-refractivity contribution in [2.45, 2.75) is 13.3 Å². The van der Waals surface area contributed by atoms with Crippen LogP contribution >= 0.6 is 0 Å². The Morgan fingerprint density at radius 2 is 2.00 bits per heavy atom. The van der Waals surface area contributed by atoms with E-state index in [0.29, 0.717) is 5.82 Å². The highest BCUT2D eigenvalue weighted by Crippen LogP contribution is 2.23. The maximum Gasteiger partial charge on any atom is 0.161 e. The van der Waals surface area contributed by atoms with Crippen molar-refractivity contribution >= 4 is 11.5 Å². The zero-order valence-corrected chi connectivity index (χ0v) is 10.2. The molecule has 0 amide bonds. The number of aromatic nitrogens is 3. The minimum atomic E-state index is 0.525. The standard InChI is InChI=1S/C14H14N4/c1-2-10-9-16-18-12(8-13(15)17-14(10)18)11-6-4-3-5-7-11/h3-9H,2H2,1H3,(H2,15,17). The molecule has 2 N–H and O–H groups in total. The Kier molecular flexibility index (Phi) is 2.48. The van der Waals surface area contributed by atoms with Crippen molar-refractivity contribution in [3.63, 3.8) is 0 Å². The summed E-state index contributed by atoms with van der Waals surface area (Å²) in [5.41, 5.74) is 9.90. The Balaban J connectivity index is 2.32. The molecule has 3 rings (SSSR count). The summed E-state index contributed by atoms with van der Waals surface area (Å²) in [6.07, 6.45) is 2.75. The monoisotopic (exact) mass is 238 g/mol. The summed E-state index contributed by atoms with van der Waals surface area (Å²) in [5, 5.41) is 4.41. The van der Waals surface area contributed by atoms with Gasteiger partial charge in [0, 0.05) is 17.2 Å². The quantitative estimate of drug-likeness (QED) is 0.746. The third-order valence-corrected chi connectivity index (χ3v) is 3.02. The number of hydrogen-bond donors (Lipinski definition) is 1. The number of hydrogen-bond acceptors (Lipinski definition) is 3. The molecule has 4 heteroatoms. The molecule has 0 aliphatic carbocycles. The number of aryl methyl sites for hydroxylation is 1. The van der Waals surface area contributed by atoms with Crippen LogP contribution in [0, 0.1) is 0 Å². The Hall–Kier alpha value is -2.36. The molecule has 0 saturated heterocycles. The highest BCUT2D eigenvalue weighted by molar-refractivity contribution is 5.67. The first-order valence-corrected chi connectivity index (χ1v) is 5.98. The fourth-order valence-corrected chi connectivity index (χ4v) is 2.09. The Morgan fingerprint density at radius 3 is 2.72 bits per heavy atom. The van der Waals surface area contributed by atoms with Gasteiger partial charge in [-0.2, -0.15) is 5.10 Å². The van der Waals surface area contributed by atoms with E-state index >= 15 is 0 Å². The van der Waals surface area contributed by atoms with E-state index in [-0.39, 0.29) is 0 Å². The molecule has 0 saturated carbocycles. The van der Waals surface area contributed by atoms with E-state index in [1.54, 1.807) is 0 Å². The molecule has 18 heavy (non-hydrogen) atoms. The lowest BCUT2D eigenvalue weighted by atomic mass is 10.1. The molecule has 0 aliphatic rings. The van der Waals surface area contributed by atoms with E-state index in [1.807, 2.05) is 47.1 Å². The van der Waals surface area contributed by atoms with Crippen molar-refractivity contribution in [3.05, 3.63) is 48.2 Å². The van der Waals surface area contributed by atoms with Gasteiger partial charge in [0.25, 0.3) is 0 Å². The lowest BCUT2D eigenvalue weighted by Gasteiger charge is -2.06. The average Bonchev–Trinajstić information content (AvgIpc) is 2.81. The number of benzene rings is 1. The molecule has 3 aromatic rings. The molecular formula is C14H14N4. The van der Waals surface area contributed by atoms with Gasteiger partial charge in [-0.05, 0) is 6.42 Å². The number of fused-ring (bicyclic) bond motifs is 1. The molecule has 0 spiro atoms. The second-order valence-corrected chi connectivity index (χ2v) is 4.19. The summed E-state index contributed by atoms with van der Waals surface area (Å²) in [5.74, 6) is 0.525. The lowest BCUT2D eigenvalue weighted by molar-refractivity contribution is 0.950. The van der Waals surface area contributed by atoms with Crippen LogP contribution in [0.2, 0.25) is 0 Å². The van der Waals surface area contributed by atoms with Crippen LogP contribution in [-0.4, -0.2) is 14.6 Å². The number of rotatable bonds is 2. The lowest BCUT2D eigenvalue weighted by Crippen LogP contribution is -2.00. The molecule has 0 atom stereocenters. The van der Waals surface area contributed by atoms with Crippen molar-refractivity contribution in [1.82, 2.24) is 14.6 Å². The van der Waals surface area contributed by atoms with Gasteiger partial charge in [-0.25, -0.2) is 9.50 Å². The molecular weight excluding hydrogens is 224 g/mol. The van der Waals surface area contributed by atoms with Crippen molar-refractivity contribution in [1.29, 1.82) is 0 Å². The molecule has 0 aliphatic heterocycles. The predicted molar refractivity (Wildman–Crippen MR) is 72.2 cm³/mol. The third-order valence-electron chi connectivity index (χ3n) is 3.02. The maximum absolute atomic E-state index is 5.89. The van der Waals surface area contributed by atoms with Gasteiger partial charge in [-0.1, -0.05) is 37.3 Å². The van der Waals surface area contributed by atoms with Gasteiger partial charge in [-0.3, -0.25) is 0 Å². The fourth-order valence-electron chi connectivity index (χ4n) is 2.09. The van der Waals surface area contributed by atoms with E-state index in [2.05, 4.69) is 17.0 Å². The Labute approximate surface area is 105 Å². The highest BCUT2D eigenvalue weighted by atomic mass is 15.3. The molecule has 90 valence electrons. The molecule has 0 fully saturated rings. The van der Waals surface area contributed by atoms with Crippen LogP contribution in [0.25, 0.3) is 16.9 Å². The number of nitrogens with zero attached hydrogens (tertiary/aromatic N) is 3. The van der Waals surface area contributed by atoms with Gasteiger partial charge in [0.05, 0.1) is 11.9 Å². The zero-order chi connectivity index (χ0) is 12.5. The highest BCUT2D eigenvalue weighted by Gasteiger charge is 2.10. The zero-order valence-electron chi connectivity index (χ0n) is 10.2. The Bertz CT molecular complexity index is 686. The van der Waals surface area contributed by atoms with E-state index in [9.17, 15) is 0 Å². The molecule has 0 unspecified atom stereocenters. The third kappa shape index (κ3) is 1.62. The van der Waals surface area contributed by atoms with Crippen molar-refractivity contribution in [2.75, 3.05) is 5.73 Å². The topological polar surface area (TPSA) is 56.2 Å². The second-order valence-electron chi connectivity index (χ2n) is 4.19. The van der Waals surface area contributed by atoms with Crippen LogP contribution in [0.1, 0.15) is 12.5 Å². The SMILES string of the molecule is CCc1cnn2c(-c3ccccc3)cc(N)nc12. The summed E-state index contributed by atoms with van der Waals surface area (Å²) < 4.78 is 1.85. The predicted octanol–water partition coefficient (Wildman–Crippen LogP) is 2.54. The van der Waals surface area contributed by atoms with Crippen LogP contribution < -0.4 is 5.73 Å². The molecule has 0 radical (unpaired) electrons. The number of nitrogen functional groups attached to an aromatic ring is 1. The van der Waals surface area contributed by atoms with E-state index in [1.165, 1.54) is 0 Å². The van der Waals surface area contributed by atoms with Crippen LogP contribution in [-0.2, 0) is 6.42 Å². The van der Waals surface area contributed by atoms with Crippen molar-refractivity contribution in [3.8, 4) is 11.3 Å². The summed E-state index contributed by atoms with van der Waals surface area (Å²) in [6.45, 7) is 2.09. The van der Waals surface area contributed by atoms with Gasteiger partial charge in [0.15, 0.2) is 5.65 Å². The first kappa shape index (κ1) is 10.8. The fraction of sp³-hybridized carbons (Fsp3) is 0.143. The normalized spacial score (nSPS) is 10.9. The first-order valence-electron chi connectivity index (χ1n) is 5.98. The summed E-state index contributed by atoms with van der Waals surface area (Å²) in [4.78, 5) is 4.37. The van der Waals surface area contributed by atoms with E-state index in [4.69, 9.17) is 5.73 Å². The van der Waals surface area contributed by atoms with Gasteiger partial charge in [0.2, 0.25) is 0 Å². The molecule has 4 nitrogen and oxygen atoms in total. The summed E-state index contributed by atoms with van der Waals surface area (Å²) >= 11 is 0. The van der Waals surface area contributed by atoms with Crippen LogP contribution in [0.3, 0.4) is 0 Å². The molecule has 0 bridgehead atoms. The maximum atomic E-state index is 5.89. The van der Waals surface area contributed by atoms with Crippen molar-refractivity contribution < 1.29 is 0 Å². The van der Waals surface area contributed by atoms with Crippen LogP contribution in [0.4, 0.5) is 5.82 Å². The largest absolute Gasteiger partial charge is 0.384 e. The Morgan fingerprint density at radius 1 is 1.22 bits per heavy atom. The first-order chi connectivity index (χ1) is 8.79. The van der Waals surface area contributed by atoms with Crippen molar-refractivity contribution in [2.24, 2.45) is 0 Å². The minimum Gasteiger partial charge on any atom is -0.384 e. The number of nitrogens with two attached hydrogens (primary N) is 1. The average molecular weight is 238 g/mol. The van der Waals surface area contributed by atoms with Crippen LogP contribution in [0.5, 0.6) is 0 Å². The molecule has 1 aromatic carbocycles. The van der Waals surface area contributed by atoms with Gasteiger partial charge < -0.3 is 5.73 Å². The summed E-state index contributed by atoms with van der Waals surface area (Å²) in [6, 6.07) is 11.9.